The zero-order valence-electron chi connectivity index (χ0n) is 7.96. The van der Waals surface area contributed by atoms with Gasteiger partial charge in [-0.3, -0.25) is 0 Å². The van der Waals surface area contributed by atoms with Crippen LogP contribution >= 0.6 is 0 Å². The zero-order valence-corrected chi connectivity index (χ0v) is 7.96. The van der Waals surface area contributed by atoms with E-state index in [1.54, 1.807) is 0 Å². The molecule has 2 rings (SSSR count). The van der Waals surface area contributed by atoms with Gasteiger partial charge in [0.05, 0.1) is 0 Å². The summed E-state index contributed by atoms with van der Waals surface area (Å²) in [6, 6.07) is 6.61. The first-order valence-electron chi connectivity index (χ1n) is 4.82. The second-order valence-corrected chi connectivity index (χ2v) is 3.44. The lowest BCUT2D eigenvalue weighted by atomic mass is 10.2. The Balaban J connectivity index is 1.92. The summed E-state index contributed by atoms with van der Waals surface area (Å²) in [7, 11) is 0. The minimum absolute atomic E-state index is 0.182. The van der Waals surface area contributed by atoms with E-state index in [0.717, 1.165) is 31.6 Å². The van der Waals surface area contributed by atoms with Crippen LogP contribution in [0.4, 0.5) is 4.39 Å². The standard InChI is InChI=1S/C10H14FN3/c11-10-4-2-9(3-5-10)8-14-7-1-6-12-13-14/h2-5,12-13H,1,6-8H2. The molecule has 0 radical (unpaired) electrons. The Bertz CT molecular complexity index is 280. The van der Waals surface area contributed by atoms with Crippen LogP contribution in [0.5, 0.6) is 0 Å². The number of hydrogen-bond acceptors (Lipinski definition) is 3. The van der Waals surface area contributed by atoms with Crippen LogP contribution < -0.4 is 11.0 Å². The fraction of sp³-hybridized carbons (Fsp3) is 0.400. The molecule has 0 unspecified atom stereocenters. The molecule has 1 heterocycles. The lowest BCUT2D eigenvalue weighted by Gasteiger charge is -2.28. The number of nitrogens with zero attached hydrogens (tertiary/aromatic N) is 1. The van der Waals surface area contributed by atoms with E-state index in [1.807, 2.05) is 12.1 Å². The molecule has 0 saturated carbocycles. The number of hydrazine groups is 2. The molecule has 1 fully saturated rings. The summed E-state index contributed by atoms with van der Waals surface area (Å²) in [4.78, 5) is 0. The fourth-order valence-electron chi connectivity index (χ4n) is 1.51. The van der Waals surface area contributed by atoms with Gasteiger partial charge in [-0.1, -0.05) is 12.1 Å². The van der Waals surface area contributed by atoms with Gasteiger partial charge in [0.1, 0.15) is 5.82 Å². The van der Waals surface area contributed by atoms with Gasteiger partial charge in [0.15, 0.2) is 0 Å². The third kappa shape index (κ3) is 2.51. The molecule has 1 aliphatic heterocycles. The van der Waals surface area contributed by atoms with Crippen molar-refractivity contribution in [1.29, 1.82) is 0 Å². The van der Waals surface area contributed by atoms with E-state index in [4.69, 9.17) is 0 Å². The molecule has 0 aliphatic carbocycles. The predicted molar refractivity (Wildman–Crippen MR) is 52.6 cm³/mol. The maximum Gasteiger partial charge on any atom is 0.123 e. The van der Waals surface area contributed by atoms with Gasteiger partial charge >= 0.3 is 0 Å². The Labute approximate surface area is 82.9 Å². The van der Waals surface area contributed by atoms with E-state index in [-0.39, 0.29) is 5.82 Å². The minimum Gasteiger partial charge on any atom is -0.244 e. The Hall–Kier alpha value is -0.970. The fourth-order valence-corrected chi connectivity index (χ4v) is 1.51. The molecule has 0 amide bonds. The van der Waals surface area contributed by atoms with E-state index in [0.29, 0.717) is 0 Å². The van der Waals surface area contributed by atoms with Crippen LogP contribution in [0.25, 0.3) is 0 Å². The number of halogens is 1. The summed E-state index contributed by atoms with van der Waals surface area (Å²) in [5, 5.41) is 2.08. The van der Waals surface area contributed by atoms with Crippen molar-refractivity contribution in [3.8, 4) is 0 Å². The van der Waals surface area contributed by atoms with Crippen molar-refractivity contribution in [3.63, 3.8) is 0 Å². The van der Waals surface area contributed by atoms with Crippen LogP contribution in [0.15, 0.2) is 24.3 Å². The first-order chi connectivity index (χ1) is 6.84. The molecule has 14 heavy (non-hydrogen) atoms. The average Bonchev–Trinajstić information content (AvgIpc) is 2.23. The number of nitrogens with one attached hydrogen (secondary N) is 2. The van der Waals surface area contributed by atoms with Crippen molar-refractivity contribution in [2.24, 2.45) is 0 Å². The smallest absolute Gasteiger partial charge is 0.123 e. The van der Waals surface area contributed by atoms with Gasteiger partial charge in [0, 0.05) is 19.6 Å². The molecule has 1 aromatic carbocycles. The summed E-state index contributed by atoms with van der Waals surface area (Å²) in [6.07, 6.45) is 1.13. The highest BCUT2D eigenvalue weighted by molar-refractivity contribution is 5.15. The molecule has 4 heteroatoms. The number of rotatable bonds is 2. The van der Waals surface area contributed by atoms with Crippen LogP contribution in [-0.4, -0.2) is 18.1 Å². The van der Waals surface area contributed by atoms with Crippen molar-refractivity contribution in [2.45, 2.75) is 13.0 Å². The SMILES string of the molecule is Fc1ccc(CN2CCCNN2)cc1. The summed E-state index contributed by atoms with van der Waals surface area (Å²) < 4.78 is 12.6. The Morgan fingerprint density at radius 2 is 2.07 bits per heavy atom. The molecule has 0 spiro atoms. The van der Waals surface area contributed by atoms with Crippen LogP contribution in [0, 0.1) is 5.82 Å². The van der Waals surface area contributed by atoms with Crippen LogP contribution in [-0.2, 0) is 6.54 Å². The highest BCUT2D eigenvalue weighted by atomic mass is 19.1. The highest BCUT2D eigenvalue weighted by Gasteiger charge is 2.08. The van der Waals surface area contributed by atoms with Crippen molar-refractivity contribution >= 4 is 0 Å². The van der Waals surface area contributed by atoms with Gasteiger partial charge in [-0.15, -0.1) is 0 Å². The van der Waals surface area contributed by atoms with Gasteiger partial charge in [-0.2, -0.15) is 5.53 Å². The van der Waals surface area contributed by atoms with Crippen molar-refractivity contribution < 1.29 is 4.39 Å². The molecular formula is C10H14FN3. The average molecular weight is 195 g/mol. The van der Waals surface area contributed by atoms with E-state index in [1.165, 1.54) is 12.1 Å². The molecule has 1 aliphatic rings. The van der Waals surface area contributed by atoms with Crippen molar-refractivity contribution in [1.82, 2.24) is 16.0 Å². The maximum atomic E-state index is 12.6. The Kier molecular flexibility index (Phi) is 3.08. The Morgan fingerprint density at radius 3 is 2.71 bits per heavy atom. The molecule has 76 valence electrons. The Morgan fingerprint density at radius 1 is 1.29 bits per heavy atom. The highest BCUT2D eigenvalue weighted by Crippen LogP contribution is 2.06. The topological polar surface area (TPSA) is 27.3 Å². The molecule has 0 aromatic heterocycles. The van der Waals surface area contributed by atoms with E-state index in [9.17, 15) is 4.39 Å². The lowest BCUT2D eigenvalue weighted by molar-refractivity contribution is 0.109. The number of hydrogen-bond donors (Lipinski definition) is 2. The summed E-state index contributed by atoms with van der Waals surface area (Å²) >= 11 is 0. The predicted octanol–water partition coefficient (Wildman–Crippen LogP) is 1.04. The molecule has 1 saturated heterocycles. The van der Waals surface area contributed by atoms with Crippen LogP contribution in [0.1, 0.15) is 12.0 Å². The maximum absolute atomic E-state index is 12.6. The van der Waals surface area contributed by atoms with Gasteiger partial charge < -0.3 is 0 Å². The van der Waals surface area contributed by atoms with E-state index < -0.39 is 0 Å². The second-order valence-electron chi connectivity index (χ2n) is 3.44. The normalized spacial score (nSPS) is 18.4. The molecular weight excluding hydrogens is 181 g/mol. The van der Waals surface area contributed by atoms with E-state index >= 15 is 0 Å². The zero-order chi connectivity index (χ0) is 9.80. The molecule has 3 nitrogen and oxygen atoms in total. The van der Waals surface area contributed by atoms with Crippen LogP contribution in [0.3, 0.4) is 0 Å². The third-order valence-corrected chi connectivity index (χ3v) is 2.25. The molecule has 0 bridgehead atoms. The molecule has 2 N–H and O–H groups in total. The first-order valence-corrected chi connectivity index (χ1v) is 4.82. The van der Waals surface area contributed by atoms with Crippen molar-refractivity contribution in [2.75, 3.05) is 13.1 Å². The van der Waals surface area contributed by atoms with Gasteiger partial charge in [-0.05, 0) is 24.1 Å². The van der Waals surface area contributed by atoms with Crippen LogP contribution in [0.2, 0.25) is 0 Å². The molecule has 1 aromatic rings. The summed E-state index contributed by atoms with van der Waals surface area (Å²) in [5.74, 6) is -0.182. The third-order valence-electron chi connectivity index (χ3n) is 2.25. The van der Waals surface area contributed by atoms with Gasteiger partial charge in [-0.25, -0.2) is 14.8 Å². The van der Waals surface area contributed by atoms with Gasteiger partial charge in [0.2, 0.25) is 0 Å². The lowest BCUT2D eigenvalue weighted by Crippen LogP contribution is -2.52. The summed E-state index contributed by atoms with van der Waals surface area (Å²) in [6.45, 7) is 2.82. The minimum atomic E-state index is -0.182. The quantitative estimate of drug-likeness (QED) is 0.738. The second kappa shape index (κ2) is 4.50. The van der Waals surface area contributed by atoms with Gasteiger partial charge in [0.25, 0.3) is 0 Å². The molecule has 0 atom stereocenters. The monoisotopic (exact) mass is 195 g/mol. The first kappa shape index (κ1) is 9.58. The van der Waals surface area contributed by atoms with E-state index in [2.05, 4.69) is 16.0 Å². The largest absolute Gasteiger partial charge is 0.244 e. The summed E-state index contributed by atoms with van der Waals surface area (Å²) in [5.41, 5.74) is 7.25. The van der Waals surface area contributed by atoms with Crippen molar-refractivity contribution in [3.05, 3.63) is 35.6 Å². The number of benzene rings is 1.